The molecule has 0 aliphatic rings. The summed E-state index contributed by atoms with van der Waals surface area (Å²) in [6.45, 7) is 6.54. The van der Waals surface area contributed by atoms with Gasteiger partial charge in [-0.3, -0.25) is 0 Å². The molecule has 0 saturated heterocycles. The van der Waals surface area contributed by atoms with Crippen LogP contribution in [0.15, 0.2) is 17.2 Å². The minimum Gasteiger partial charge on any atom is -0.247 e. The van der Waals surface area contributed by atoms with Gasteiger partial charge in [-0.15, -0.1) is 15.3 Å². The summed E-state index contributed by atoms with van der Waals surface area (Å²) in [6.07, 6.45) is 1.74. The molecule has 0 fully saturated rings. The molecule has 0 aliphatic carbocycles. The Labute approximate surface area is 93.6 Å². The number of aryl methyl sites for hydroxylation is 1. The van der Waals surface area contributed by atoms with Gasteiger partial charge >= 0.3 is 0 Å². The molecule has 6 nitrogen and oxygen atoms in total. The Morgan fingerprint density at radius 1 is 1.44 bits per heavy atom. The lowest BCUT2D eigenvalue weighted by atomic mass is 10.5. The molecule has 0 aliphatic heterocycles. The lowest BCUT2D eigenvalue weighted by molar-refractivity contribution is 0.807. The van der Waals surface area contributed by atoms with Crippen LogP contribution in [0.4, 0.5) is 5.82 Å². The fourth-order valence-electron chi connectivity index (χ4n) is 1.47. The van der Waals surface area contributed by atoms with Crippen LogP contribution in [0.25, 0.3) is 5.65 Å². The number of nitrogens with zero attached hydrogens (tertiary/aromatic N) is 6. The van der Waals surface area contributed by atoms with Crippen molar-refractivity contribution in [1.29, 1.82) is 0 Å². The van der Waals surface area contributed by atoms with Gasteiger partial charge in [-0.2, -0.15) is 9.62 Å². The Hall–Kier alpha value is -1.98. The fourth-order valence-corrected chi connectivity index (χ4v) is 1.47. The summed E-state index contributed by atoms with van der Waals surface area (Å²) >= 11 is 0. The Morgan fingerprint density at radius 3 is 2.94 bits per heavy atom. The van der Waals surface area contributed by atoms with Crippen LogP contribution in [-0.2, 0) is 0 Å². The third-order valence-electron chi connectivity index (χ3n) is 2.22. The van der Waals surface area contributed by atoms with Gasteiger partial charge < -0.3 is 0 Å². The van der Waals surface area contributed by atoms with E-state index in [1.807, 2.05) is 37.9 Å². The van der Waals surface area contributed by atoms with Crippen LogP contribution in [0.3, 0.4) is 0 Å². The van der Waals surface area contributed by atoms with E-state index in [1.165, 1.54) is 0 Å². The van der Waals surface area contributed by atoms with E-state index in [0.29, 0.717) is 0 Å². The van der Waals surface area contributed by atoms with Crippen molar-refractivity contribution >= 4 is 17.7 Å². The zero-order valence-electron chi connectivity index (χ0n) is 9.62. The molecule has 84 valence electrons. The predicted molar refractivity (Wildman–Crippen MR) is 62.7 cm³/mol. The smallest absolute Gasteiger partial charge is 0.178 e. The van der Waals surface area contributed by atoms with Gasteiger partial charge in [0, 0.05) is 12.8 Å². The monoisotopic (exact) mass is 218 g/mol. The van der Waals surface area contributed by atoms with Gasteiger partial charge in [0.2, 0.25) is 0 Å². The second-order valence-corrected chi connectivity index (χ2v) is 3.30. The molecule has 2 aromatic heterocycles. The second-order valence-electron chi connectivity index (χ2n) is 3.30. The first-order valence-electron chi connectivity index (χ1n) is 5.21. The maximum Gasteiger partial charge on any atom is 0.178 e. The third kappa shape index (κ3) is 1.73. The molecule has 0 amide bonds. The minimum absolute atomic E-state index is 0.748. The van der Waals surface area contributed by atoms with Crippen molar-refractivity contribution in [2.45, 2.75) is 20.8 Å². The molecule has 0 atom stereocenters. The molecule has 0 radical (unpaired) electrons. The standard InChI is InChI=1S/C10H14N6/c1-4-11-15(5-2)10-7-6-9-13-12-8(3)16(9)14-10/h4,6-7H,5H2,1-3H3/b11-4+. The van der Waals surface area contributed by atoms with Crippen LogP contribution < -0.4 is 5.01 Å². The highest BCUT2D eigenvalue weighted by molar-refractivity contribution is 5.56. The van der Waals surface area contributed by atoms with Crippen molar-refractivity contribution in [3.8, 4) is 0 Å². The number of aromatic nitrogens is 4. The van der Waals surface area contributed by atoms with Crippen LogP contribution in [0, 0.1) is 6.92 Å². The Balaban J connectivity index is 2.48. The van der Waals surface area contributed by atoms with Crippen LogP contribution in [-0.4, -0.2) is 32.6 Å². The summed E-state index contributed by atoms with van der Waals surface area (Å²) in [5.74, 6) is 1.56. The van der Waals surface area contributed by atoms with Gasteiger partial charge in [0.05, 0.1) is 0 Å². The van der Waals surface area contributed by atoms with Crippen molar-refractivity contribution in [2.24, 2.45) is 5.10 Å². The minimum atomic E-state index is 0.748. The number of hydrogen-bond donors (Lipinski definition) is 0. The third-order valence-corrected chi connectivity index (χ3v) is 2.22. The molecule has 2 rings (SSSR count). The molecule has 0 saturated carbocycles. The van der Waals surface area contributed by atoms with Crippen LogP contribution in [0.1, 0.15) is 19.7 Å². The maximum absolute atomic E-state index is 4.43. The average molecular weight is 218 g/mol. The molecule has 2 aromatic rings. The molecule has 0 unspecified atom stereocenters. The number of fused-ring (bicyclic) bond motifs is 1. The number of rotatable bonds is 3. The Morgan fingerprint density at radius 2 is 2.25 bits per heavy atom. The van der Waals surface area contributed by atoms with Gasteiger partial charge in [-0.05, 0) is 32.9 Å². The van der Waals surface area contributed by atoms with E-state index in [-0.39, 0.29) is 0 Å². The summed E-state index contributed by atoms with van der Waals surface area (Å²) in [5, 5.41) is 18.4. The molecule has 2 heterocycles. The highest BCUT2D eigenvalue weighted by atomic mass is 15.5. The predicted octanol–water partition coefficient (Wildman–Crippen LogP) is 1.26. The molecule has 16 heavy (non-hydrogen) atoms. The van der Waals surface area contributed by atoms with Crippen molar-refractivity contribution in [1.82, 2.24) is 19.8 Å². The molecule has 0 spiro atoms. The summed E-state index contributed by atoms with van der Waals surface area (Å²) in [7, 11) is 0. The fraction of sp³-hybridized carbons (Fsp3) is 0.400. The number of hydrazone groups is 1. The Bertz CT molecular complexity index is 515. The average Bonchev–Trinajstić information content (AvgIpc) is 2.68. The first kappa shape index (κ1) is 10.5. The van der Waals surface area contributed by atoms with Crippen molar-refractivity contribution in [2.75, 3.05) is 11.6 Å². The van der Waals surface area contributed by atoms with Crippen molar-refractivity contribution < 1.29 is 0 Å². The van der Waals surface area contributed by atoms with E-state index in [9.17, 15) is 0 Å². The van der Waals surface area contributed by atoms with Crippen LogP contribution >= 0.6 is 0 Å². The molecule has 0 bridgehead atoms. The van der Waals surface area contributed by atoms with E-state index in [4.69, 9.17) is 0 Å². The second kappa shape index (κ2) is 4.26. The zero-order chi connectivity index (χ0) is 11.5. The SMILES string of the molecule is C/C=N/N(CC)c1ccc2nnc(C)n2n1. The topological polar surface area (TPSA) is 58.7 Å². The van der Waals surface area contributed by atoms with E-state index in [2.05, 4.69) is 20.4 Å². The van der Waals surface area contributed by atoms with E-state index in [1.54, 1.807) is 10.7 Å². The van der Waals surface area contributed by atoms with Gasteiger partial charge in [0.15, 0.2) is 17.3 Å². The quantitative estimate of drug-likeness (QED) is 0.575. The number of hydrogen-bond acceptors (Lipinski definition) is 5. The van der Waals surface area contributed by atoms with Crippen molar-refractivity contribution in [3.63, 3.8) is 0 Å². The van der Waals surface area contributed by atoms with E-state index in [0.717, 1.165) is 23.8 Å². The van der Waals surface area contributed by atoms with Gasteiger partial charge in [-0.1, -0.05) is 0 Å². The van der Waals surface area contributed by atoms with E-state index >= 15 is 0 Å². The molecule has 0 aromatic carbocycles. The lowest BCUT2D eigenvalue weighted by Gasteiger charge is -2.14. The molecular formula is C10H14N6. The van der Waals surface area contributed by atoms with E-state index < -0.39 is 0 Å². The van der Waals surface area contributed by atoms with Crippen LogP contribution in [0.2, 0.25) is 0 Å². The summed E-state index contributed by atoms with van der Waals surface area (Å²) in [4.78, 5) is 0. The summed E-state index contributed by atoms with van der Waals surface area (Å²) in [6, 6.07) is 3.77. The van der Waals surface area contributed by atoms with Gasteiger partial charge in [0.25, 0.3) is 0 Å². The lowest BCUT2D eigenvalue weighted by Crippen LogP contribution is -2.17. The molecule has 0 N–H and O–H groups in total. The molecular weight excluding hydrogens is 204 g/mol. The normalized spacial score (nSPS) is 11.4. The highest BCUT2D eigenvalue weighted by Gasteiger charge is 2.07. The molecule has 6 heteroatoms. The first-order valence-corrected chi connectivity index (χ1v) is 5.21. The van der Waals surface area contributed by atoms with Crippen molar-refractivity contribution in [3.05, 3.63) is 18.0 Å². The summed E-state index contributed by atoms with van der Waals surface area (Å²) in [5.41, 5.74) is 0.748. The Kier molecular flexibility index (Phi) is 2.80. The first-order chi connectivity index (χ1) is 7.76. The summed E-state index contributed by atoms with van der Waals surface area (Å²) < 4.78 is 1.71. The van der Waals surface area contributed by atoms with Crippen LogP contribution in [0.5, 0.6) is 0 Å². The largest absolute Gasteiger partial charge is 0.247 e. The van der Waals surface area contributed by atoms with Gasteiger partial charge in [-0.25, -0.2) is 5.01 Å². The zero-order valence-corrected chi connectivity index (χ0v) is 9.62. The highest BCUT2D eigenvalue weighted by Crippen LogP contribution is 2.11. The maximum atomic E-state index is 4.43. The van der Waals surface area contributed by atoms with Gasteiger partial charge in [0.1, 0.15) is 0 Å². The number of anilines is 1.